The number of carbonyl (C=O) groups excluding carboxylic acids is 2. The van der Waals surface area contributed by atoms with E-state index in [2.05, 4.69) is 0 Å². The van der Waals surface area contributed by atoms with E-state index in [9.17, 15) is 19.1 Å². The Balaban J connectivity index is 1.67. The van der Waals surface area contributed by atoms with Crippen LogP contribution in [0.1, 0.15) is 23.6 Å². The Morgan fingerprint density at radius 2 is 1.74 bits per heavy atom. The van der Waals surface area contributed by atoms with Crippen molar-refractivity contribution in [2.24, 2.45) is 0 Å². The molecule has 2 aliphatic rings. The van der Waals surface area contributed by atoms with Gasteiger partial charge in [-0.1, -0.05) is 48.5 Å². The summed E-state index contributed by atoms with van der Waals surface area (Å²) in [4.78, 5) is 28.6. The SMILES string of the molecule is O=C1C(=O)N(CCC[NH+]2CCOCC2)[C@H](c2ccccc2F)C1=C(O)c1ccccc1. The lowest BCUT2D eigenvalue weighted by Crippen LogP contribution is -3.14. The first-order valence-electron chi connectivity index (χ1n) is 10.6. The second-order valence-corrected chi connectivity index (χ2v) is 7.85. The van der Waals surface area contributed by atoms with Gasteiger partial charge in [-0.15, -0.1) is 0 Å². The number of nitrogens with one attached hydrogen (secondary N) is 1. The number of carbonyl (C=O) groups is 2. The van der Waals surface area contributed by atoms with Gasteiger partial charge in [0.25, 0.3) is 11.7 Å². The molecule has 2 aromatic carbocycles. The Labute approximate surface area is 180 Å². The van der Waals surface area contributed by atoms with E-state index in [-0.39, 0.29) is 16.9 Å². The van der Waals surface area contributed by atoms with E-state index in [1.807, 2.05) is 0 Å². The molecule has 0 radical (unpaired) electrons. The van der Waals surface area contributed by atoms with Crippen molar-refractivity contribution in [1.29, 1.82) is 0 Å². The lowest BCUT2D eigenvalue weighted by Gasteiger charge is -2.27. The number of amides is 1. The topological polar surface area (TPSA) is 71.3 Å². The average Bonchev–Trinajstić information content (AvgIpc) is 3.05. The van der Waals surface area contributed by atoms with Crippen molar-refractivity contribution in [3.63, 3.8) is 0 Å². The van der Waals surface area contributed by atoms with Gasteiger partial charge in [0, 0.05) is 24.1 Å². The van der Waals surface area contributed by atoms with Crippen LogP contribution in [0.25, 0.3) is 5.76 Å². The maximum Gasteiger partial charge on any atom is 0.295 e. The quantitative estimate of drug-likeness (QED) is 0.419. The Hall–Kier alpha value is -3.03. The minimum absolute atomic E-state index is 0.0694. The van der Waals surface area contributed by atoms with Crippen LogP contribution in [0.3, 0.4) is 0 Å². The first kappa shape index (κ1) is 21.2. The predicted octanol–water partition coefficient (Wildman–Crippen LogP) is 1.55. The molecule has 2 fully saturated rings. The lowest BCUT2D eigenvalue weighted by atomic mass is 9.95. The number of halogens is 1. The first-order valence-corrected chi connectivity index (χ1v) is 10.6. The normalized spacial score (nSPS) is 21.6. The third kappa shape index (κ3) is 4.38. The minimum Gasteiger partial charge on any atom is -0.507 e. The van der Waals surface area contributed by atoms with Crippen LogP contribution in [0, 0.1) is 5.82 Å². The van der Waals surface area contributed by atoms with Gasteiger partial charge >= 0.3 is 0 Å². The molecular formula is C24H26FN2O4+. The highest BCUT2D eigenvalue weighted by molar-refractivity contribution is 6.46. The molecule has 0 aromatic heterocycles. The van der Waals surface area contributed by atoms with E-state index in [1.165, 1.54) is 15.9 Å². The van der Waals surface area contributed by atoms with Crippen LogP contribution in [0.4, 0.5) is 4.39 Å². The van der Waals surface area contributed by atoms with Crippen molar-refractivity contribution in [3.8, 4) is 0 Å². The number of aliphatic hydroxyl groups excluding tert-OH is 1. The largest absolute Gasteiger partial charge is 0.507 e. The summed E-state index contributed by atoms with van der Waals surface area (Å²) in [7, 11) is 0. The number of likely N-dealkylation sites (tertiary alicyclic amines) is 1. The molecule has 7 heteroatoms. The van der Waals surface area contributed by atoms with Gasteiger partial charge in [-0.05, 0) is 6.07 Å². The number of aliphatic hydroxyl groups is 1. The first-order chi connectivity index (χ1) is 15.1. The average molecular weight is 425 g/mol. The second-order valence-electron chi connectivity index (χ2n) is 7.85. The van der Waals surface area contributed by atoms with Crippen LogP contribution in [-0.4, -0.2) is 61.1 Å². The summed E-state index contributed by atoms with van der Waals surface area (Å²) in [5.41, 5.74) is 0.553. The van der Waals surface area contributed by atoms with Crippen molar-refractivity contribution in [3.05, 3.63) is 77.1 Å². The van der Waals surface area contributed by atoms with E-state index >= 15 is 0 Å². The molecule has 2 heterocycles. The zero-order chi connectivity index (χ0) is 21.8. The van der Waals surface area contributed by atoms with Gasteiger partial charge < -0.3 is 19.6 Å². The molecule has 31 heavy (non-hydrogen) atoms. The summed E-state index contributed by atoms with van der Waals surface area (Å²) < 4.78 is 20.1. The summed E-state index contributed by atoms with van der Waals surface area (Å²) in [6, 6.07) is 13.7. The molecular weight excluding hydrogens is 399 g/mol. The molecule has 2 aromatic rings. The van der Waals surface area contributed by atoms with Crippen molar-refractivity contribution < 1.29 is 28.7 Å². The number of hydrogen-bond acceptors (Lipinski definition) is 4. The van der Waals surface area contributed by atoms with Gasteiger partial charge in [-0.25, -0.2) is 4.39 Å². The zero-order valence-electron chi connectivity index (χ0n) is 17.2. The Bertz CT molecular complexity index is 986. The van der Waals surface area contributed by atoms with Crippen molar-refractivity contribution in [2.75, 3.05) is 39.4 Å². The highest BCUT2D eigenvalue weighted by Gasteiger charge is 2.46. The summed E-state index contributed by atoms with van der Waals surface area (Å²) in [5.74, 6) is -2.29. The summed E-state index contributed by atoms with van der Waals surface area (Å²) in [6.45, 7) is 4.37. The number of benzene rings is 2. The lowest BCUT2D eigenvalue weighted by molar-refractivity contribution is -0.908. The van der Waals surface area contributed by atoms with Gasteiger partial charge in [0.15, 0.2) is 0 Å². The van der Waals surface area contributed by atoms with Crippen LogP contribution in [0.2, 0.25) is 0 Å². The number of rotatable bonds is 6. The zero-order valence-corrected chi connectivity index (χ0v) is 17.2. The summed E-state index contributed by atoms with van der Waals surface area (Å²) >= 11 is 0. The van der Waals surface area contributed by atoms with E-state index < -0.39 is 23.5 Å². The van der Waals surface area contributed by atoms with Crippen LogP contribution in [0.15, 0.2) is 60.2 Å². The van der Waals surface area contributed by atoms with Crippen LogP contribution in [0.5, 0.6) is 0 Å². The molecule has 1 atom stereocenters. The smallest absolute Gasteiger partial charge is 0.295 e. The van der Waals surface area contributed by atoms with Gasteiger partial charge in [-0.3, -0.25) is 9.59 Å². The molecule has 162 valence electrons. The Kier molecular flexibility index (Phi) is 6.44. The molecule has 4 rings (SSSR count). The number of Topliss-reactive ketones (excluding diaryl/α,β-unsaturated/α-hetero) is 1. The molecule has 6 nitrogen and oxygen atoms in total. The van der Waals surface area contributed by atoms with E-state index in [0.29, 0.717) is 31.7 Å². The van der Waals surface area contributed by atoms with Crippen molar-refractivity contribution in [1.82, 2.24) is 4.90 Å². The molecule has 2 saturated heterocycles. The van der Waals surface area contributed by atoms with Gasteiger partial charge in [0.2, 0.25) is 0 Å². The molecule has 2 aliphatic heterocycles. The summed E-state index contributed by atoms with van der Waals surface area (Å²) in [5, 5.41) is 10.9. The second kappa shape index (κ2) is 9.41. The minimum atomic E-state index is -0.957. The molecule has 2 N–H and O–H groups in total. The van der Waals surface area contributed by atoms with E-state index in [1.54, 1.807) is 48.5 Å². The Morgan fingerprint density at radius 3 is 2.45 bits per heavy atom. The highest BCUT2D eigenvalue weighted by atomic mass is 19.1. The van der Waals surface area contributed by atoms with Crippen LogP contribution < -0.4 is 4.90 Å². The third-order valence-corrected chi connectivity index (χ3v) is 5.92. The predicted molar refractivity (Wildman–Crippen MR) is 113 cm³/mol. The highest BCUT2D eigenvalue weighted by Crippen LogP contribution is 2.40. The maximum atomic E-state index is 14.7. The number of ether oxygens (including phenoxy) is 1. The van der Waals surface area contributed by atoms with Gasteiger partial charge in [0.1, 0.15) is 24.7 Å². The Morgan fingerprint density at radius 1 is 1.06 bits per heavy atom. The fraction of sp³-hybridized carbons (Fsp3) is 0.333. The molecule has 0 spiro atoms. The molecule has 1 amide bonds. The van der Waals surface area contributed by atoms with Gasteiger partial charge in [-0.2, -0.15) is 0 Å². The fourth-order valence-corrected chi connectivity index (χ4v) is 4.29. The van der Waals surface area contributed by atoms with E-state index in [0.717, 1.165) is 19.6 Å². The molecule has 0 unspecified atom stereocenters. The van der Waals surface area contributed by atoms with E-state index in [4.69, 9.17) is 4.74 Å². The van der Waals surface area contributed by atoms with Crippen molar-refractivity contribution in [2.45, 2.75) is 12.5 Å². The number of nitrogens with zero attached hydrogens (tertiary/aromatic N) is 1. The molecule has 0 bridgehead atoms. The van der Waals surface area contributed by atoms with Gasteiger partial charge in [0.05, 0.1) is 31.4 Å². The fourth-order valence-electron chi connectivity index (χ4n) is 4.29. The van der Waals surface area contributed by atoms with Crippen LogP contribution >= 0.6 is 0 Å². The molecule has 0 saturated carbocycles. The number of morpholine rings is 1. The summed E-state index contributed by atoms with van der Waals surface area (Å²) in [6.07, 6.45) is 0.665. The standard InChI is InChI=1S/C24H25FN2O4/c25-19-10-5-4-9-18(19)21-20(22(28)17-7-2-1-3-8-17)23(29)24(30)27(21)12-6-11-26-13-15-31-16-14-26/h1-5,7-10,21,28H,6,11-16H2/p+1/t21-/m1/s1. The van der Waals surface area contributed by atoms with Crippen LogP contribution in [-0.2, 0) is 14.3 Å². The molecule has 0 aliphatic carbocycles. The number of quaternary nitrogens is 1. The maximum absolute atomic E-state index is 14.7. The van der Waals surface area contributed by atoms with Crippen molar-refractivity contribution >= 4 is 17.4 Å². The monoisotopic (exact) mass is 425 g/mol. The third-order valence-electron chi connectivity index (χ3n) is 5.92. The number of ketones is 1. The number of hydrogen-bond donors (Lipinski definition) is 2.